The second-order valence-corrected chi connectivity index (χ2v) is 5.31. The molecule has 6 nitrogen and oxygen atoms in total. The standard InChI is InChI=1S/C7H3BrF3N3.C4H4BrN3/c8-5-6-13-4(7(9,10)11)3-14(6)2-1-12-5;5-3-4(6)8-2-1-7-3/h1-3H;1-2H,(H2,6,8). The molecule has 0 aliphatic heterocycles. The highest BCUT2D eigenvalue weighted by molar-refractivity contribution is 9.10. The lowest BCUT2D eigenvalue weighted by molar-refractivity contribution is -0.140. The first-order valence-electron chi connectivity index (χ1n) is 5.57. The molecule has 0 aliphatic rings. The lowest BCUT2D eigenvalue weighted by atomic mass is 10.5. The Labute approximate surface area is 138 Å². The van der Waals surface area contributed by atoms with Gasteiger partial charge in [-0.15, -0.1) is 0 Å². The van der Waals surface area contributed by atoms with E-state index in [1.165, 1.54) is 16.8 Å². The zero-order chi connectivity index (χ0) is 16.3. The van der Waals surface area contributed by atoms with Gasteiger partial charge in [-0.1, -0.05) is 0 Å². The van der Waals surface area contributed by atoms with Crippen molar-refractivity contribution >= 4 is 43.3 Å². The molecule has 0 spiro atoms. The van der Waals surface area contributed by atoms with Gasteiger partial charge < -0.3 is 10.1 Å². The Morgan fingerprint density at radius 1 is 1.00 bits per heavy atom. The van der Waals surface area contributed by atoms with Crippen LogP contribution in [0.2, 0.25) is 0 Å². The molecule has 0 amide bonds. The highest BCUT2D eigenvalue weighted by Gasteiger charge is 2.34. The smallest absolute Gasteiger partial charge is 0.381 e. The maximum absolute atomic E-state index is 12.2. The third kappa shape index (κ3) is 3.91. The average Bonchev–Trinajstić information content (AvgIpc) is 2.89. The van der Waals surface area contributed by atoms with Crippen molar-refractivity contribution in [1.29, 1.82) is 0 Å². The lowest BCUT2D eigenvalue weighted by Crippen LogP contribution is -2.04. The summed E-state index contributed by atoms with van der Waals surface area (Å²) < 4.78 is 38.9. The first-order valence-corrected chi connectivity index (χ1v) is 7.16. The summed E-state index contributed by atoms with van der Waals surface area (Å²) in [5, 5.41) is 0. The number of fused-ring (bicyclic) bond motifs is 1. The Hall–Kier alpha value is -1.75. The van der Waals surface area contributed by atoms with Crippen LogP contribution in [0, 0.1) is 0 Å². The predicted octanol–water partition coefficient (Wildman–Crippen LogP) is 3.33. The maximum atomic E-state index is 12.2. The molecular formula is C11H7Br2F3N6. The van der Waals surface area contributed by atoms with E-state index in [0.717, 1.165) is 6.20 Å². The molecule has 0 unspecified atom stereocenters. The highest BCUT2D eigenvalue weighted by Crippen LogP contribution is 2.29. The van der Waals surface area contributed by atoms with E-state index >= 15 is 0 Å². The summed E-state index contributed by atoms with van der Waals surface area (Å²) in [4.78, 5) is 14.7. The number of aromatic nitrogens is 5. The van der Waals surface area contributed by atoms with E-state index in [9.17, 15) is 13.2 Å². The molecule has 2 N–H and O–H groups in total. The van der Waals surface area contributed by atoms with Crippen LogP contribution in [-0.2, 0) is 6.18 Å². The third-order valence-electron chi connectivity index (χ3n) is 2.30. The summed E-state index contributed by atoms with van der Waals surface area (Å²) in [5.41, 5.74) is 4.53. The van der Waals surface area contributed by atoms with Crippen molar-refractivity contribution in [2.24, 2.45) is 0 Å². The average molecular weight is 440 g/mol. The van der Waals surface area contributed by atoms with Crippen LogP contribution in [0.1, 0.15) is 5.69 Å². The Kier molecular flexibility index (Phi) is 4.96. The van der Waals surface area contributed by atoms with Gasteiger partial charge in [-0.05, 0) is 31.9 Å². The quantitative estimate of drug-likeness (QED) is 0.581. The molecule has 3 heterocycles. The fourth-order valence-corrected chi connectivity index (χ4v) is 1.99. The van der Waals surface area contributed by atoms with Crippen molar-refractivity contribution in [3.05, 3.63) is 45.9 Å². The number of alkyl halides is 3. The number of hydrogen-bond acceptors (Lipinski definition) is 5. The van der Waals surface area contributed by atoms with Crippen molar-refractivity contribution < 1.29 is 13.2 Å². The van der Waals surface area contributed by atoms with Gasteiger partial charge in [0.2, 0.25) is 0 Å². The zero-order valence-corrected chi connectivity index (χ0v) is 13.8. The van der Waals surface area contributed by atoms with Gasteiger partial charge in [-0.3, -0.25) is 0 Å². The number of nitrogens with two attached hydrogens (primary N) is 1. The molecule has 3 aromatic heterocycles. The van der Waals surface area contributed by atoms with Crippen LogP contribution in [0.25, 0.3) is 5.65 Å². The minimum absolute atomic E-state index is 0.153. The van der Waals surface area contributed by atoms with E-state index in [1.54, 1.807) is 12.4 Å². The van der Waals surface area contributed by atoms with Gasteiger partial charge in [0, 0.05) is 31.0 Å². The number of nitrogens with zero attached hydrogens (tertiary/aromatic N) is 5. The molecule has 0 fully saturated rings. The summed E-state index contributed by atoms with van der Waals surface area (Å²) in [6, 6.07) is 0. The Bertz CT molecular complexity index is 768. The minimum Gasteiger partial charge on any atom is -0.381 e. The van der Waals surface area contributed by atoms with Crippen molar-refractivity contribution in [3.63, 3.8) is 0 Å². The minimum atomic E-state index is -4.43. The summed E-state index contributed by atoms with van der Waals surface area (Å²) in [7, 11) is 0. The van der Waals surface area contributed by atoms with E-state index in [4.69, 9.17) is 5.73 Å². The van der Waals surface area contributed by atoms with Gasteiger partial charge in [-0.25, -0.2) is 19.9 Å². The summed E-state index contributed by atoms with van der Waals surface area (Å²) in [6.07, 6.45) is 2.40. The first-order chi connectivity index (χ1) is 10.3. The molecule has 0 aromatic carbocycles. The Morgan fingerprint density at radius 2 is 1.64 bits per heavy atom. The van der Waals surface area contributed by atoms with E-state index in [-0.39, 0.29) is 10.3 Å². The molecular weight excluding hydrogens is 433 g/mol. The summed E-state index contributed by atoms with van der Waals surface area (Å²) >= 11 is 6.11. The van der Waals surface area contributed by atoms with Crippen molar-refractivity contribution in [3.8, 4) is 0 Å². The number of imidazole rings is 1. The van der Waals surface area contributed by atoms with Gasteiger partial charge in [0.1, 0.15) is 9.21 Å². The summed E-state index contributed by atoms with van der Waals surface area (Å²) in [5.74, 6) is 0.424. The molecule has 0 atom stereocenters. The van der Waals surface area contributed by atoms with Crippen LogP contribution in [-0.4, -0.2) is 24.3 Å². The maximum Gasteiger partial charge on any atom is 0.434 e. The van der Waals surface area contributed by atoms with Crippen LogP contribution in [0.3, 0.4) is 0 Å². The Morgan fingerprint density at radius 3 is 2.14 bits per heavy atom. The normalized spacial score (nSPS) is 11.1. The molecule has 0 saturated heterocycles. The number of hydrogen-bond donors (Lipinski definition) is 1. The molecule has 11 heteroatoms. The van der Waals surface area contributed by atoms with Gasteiger partial charge >= 0.3 is 6.18 Å². The number of nitrogen functional groups attached to an aromatic ring is 1. The van der Waals surface area contributed by atoms with Crippen LogP contribution >= 0.6 is 31.9 Å². The van der Waals surface area contributed by atoms with Gasteiger partial charge in [-0.2, -0.15) is 13.2 Å². The number of rotatable bonds is 0. The van der Waals surface area contributed by atoms with E-state index in [1.807, 2.05) is 0 Å². The van der Waals surface area contributed by atoms with Crippen molar-refractivity contribution in [2.75, 3.05) is 5.73 Å². The predicted molar refractivity (Wildman–Crippen MR) is 79.8 cm³/mol. The molecule has 3 rings (SSSR count). The largest absolute Gasteiger partial charge is 0.434 e. The first kappa shape index (κ1) is 16.6. The van der Waals surface area contributed by atoms with E-state index < -0.39 is 11.9 Å². The second kappa shape index (κ2) is 6.57. The van der Waals surface area contributed by atoms with Gasteiger partial charge in [0.15, 0.2) is 17.2 Å². The molecule has 22 heavy (non-hydrogen) atoms. The second-order valence-electron chi connectivity index (χ2n) is 3.81. The topological polar surface area (TPSA) is 82.0 Å². The zero-order valence-electron chi connectivity index (χ0n) is 10.6. The molecule has 0 aliphatic carbocycles. The highest BCUT2D eigenvalue weighted by atomic mass is 79.9. The lowest BCUT2D eigenvalue weighted by Gasteiger charge is -1.98. The summed E-state index contributed by atoms with van der Waals surface area (Å²) in [6.45, 7) is 0. The van der Waals surface area contributed by atoms with Gasteiger partial charge in [0.25, 0.3) is 0 Å². The van der Waals surface area contributed by atoms with Crippen LogP contribution in [0.15, 0.2) is 40.2 Å². The molecule has 0 bridgehead atoms. The molecule has 0 saturated carbocycles. The molecule has 0 radical (unpaired) electrons. The SMILES string of the molecule is FC(F)(F)c1cn2ccnc(Br)c2n1.Nc1nccnc1Br. The van der Waals surface area contributed by atoms with Crippen molar-refractivity contribution in [2.45, 2.75) is 6.18 Å². The van der Waals surface area contributed by atoms with E-state index in [0.29, 0.717) is 10.4 Å². The monoisotopic (exact) mass is 438 g/mol. The molecule has 116 valence electrons. The van der Waals surface area contributed by atoms with E-state index in [2.05, 4.69) is 51.8 Å². The van der Waals surface area contributed by atoms with Crippen LogP contribution in [0.5, 0.6) is 0 Å². The Balaban J connectivity index is 0.000000188. The van der Waals surface area contributed by atoms with Crippen molar-refractivity contribution in [1.82, 2.24) is 24.3 Å². The third-order valence-corrected chi connectivity index (χ3v) is 3.47. The molecule has 3 aromatic rings. The fraction of sp³-hybridized carbons (Fsp3) is 0.0909. The van der Waals surface area contributed by atoms with Crippen LogP contribution < -0.4 is 5.73 Å². The number of anilines is 1. The van der Waals surface area contributed by atoms with Gasteiger partial charge in [0.05, 0.1) is 0 Å². The number of halogens is 5. The van der Waals surface area contributed by atoms with Crippen LogP contribution in [0.4, 0.5) is 19.0 Å². The fourth-order valence-electron chi connectivity index (χ4n) is 1.36.